The number of hydrogen-bond acceptors (Lipinski definition) is 15. The van der Waals surface area contributed by atoms with Gasteiger partial charge in [-0.15, -0.1) is 0 Å². The van der Waals surface area contributed by atoms with Crippen LogP contribution in [-0.2, 0) is 45.1 Å². The molecule has 8 aromatic rings. The molecule has 15 heteroatoms. The number of benzene rings is 6. The molecule has 0 aliphatic heterocycles. The lowest BCUT2D eigenvalue weighted by molar-refractivity contribution is -0.144. The number of aromatic hydroxyl groups is 1. The van der Waals surface area contributed by atoms with Gasteiger partial charge in [-0.2, -0.15) is 0 Å². The highest BCUT2D eigenvalue weighted by molar-refractivity contribution is 5.80. The molecule has 0 bridgehead atoms. The van der Waals surface area contributed by atoms with E-state index in [9.17, 15) is 14.7 Å². The van der Waals surface area contributed by atoms with Crippen LogP contribution in [0, 0.1) is 0 Å². The molecular weight excluding hydrogens is 947 g/mol. The second-order valence-electron chi connectivity index (χ2n) is 17.4. The third-order valence-corrected chi connectivity index (χ3v) is 11.4. The van der Waals surface area contributed by atoms with Crippen molar-refractivity contribution in [3.63, 3.8) is 0 Å². The third kappa shape index (κ3) is 17.7. The molecule has 0 saturated heterocycles. The number of carbonyl (C=O) groups excluding carboxylic acids is 2. The molecule has 0 aliphatic carbocycles. The van der Waals surface area contributed by atoms with E-state index in [1.54, 1.807) is 38.1 Å². The molecule has 0 radical (unpaired) electrons. The Kier molecular flexibility index (Phi) is 20.5. The third-order valence-electron chi connectivity index (χ3n) is 11.4. The van der Waals surface area contributed by atoms with Crippen LogP contribution in [0.3, 0.4) is 0 Å². The van der Waals surface area contributed by atoms with Gasteiger partial charge >= 0.3 is 11.9 Å². The average Bonchev–Trinajstić information content (AvgIpc) is 3.43. The van der Waals surface area contributed by atoms with Gasteiger partial charge in [0.2, 0.25) is 0 Å². The highest BCUT2D eigenvalue weighted by Gasteiger charge is 2.23. The van der Waals surface area contributed by atoms with Crippen molar-refractivity contribution in [1.82, 2.24) is 24.8 Å². The van der Waals surface area contributed by atoms with E-state index in [1.807, 2.05) is 160 Å². The summed E-state index contributed by atoms with van der Waals surface area (Å²) in [6.07, 6.45) is 3.68. The zero-order chi connectivity index (χ0) is 52.6. The van der Waals surface area contributed by atoms with E-state index < -0.39 is 18.1 Å². The van der Waals surface area contributed by atoms with E-state index in [0.29, 0.717) is 56.6 Å². The maximum absolute atomic E-state index is 12.9. The lowest BCUT2D eigenvalue weighted by Gasteiger charge is -2.19. The molecule has 0 saturated carbocycles. The Bertz CT molecular complexity index is 3000. The quantitative estimate of drug-likeness (QED) is 0.0487. The lowest BCUT2D eigenvalue weighted by Crippen LogP contribution is -2.34. The van der Waals surface area contributed by atoms with Crippen LogP contribution in [0.2, 0.25) is 0 Å². The number of nitrogens with one attached hydrogen (secondary N) is 2. The molecule has 0 fully saturated rings. The van der Waals surface area contributed by atoms with Gasteiger partial charge in [-0.25, -0.2) is 29.5 Å². The molecule has 8 rings (SSSR count). The van der Waals surface area contributed by atoms with Crippen molar-refractivity contribution in [2.45, 2.75) is 52.0 Å². The first-order chi connectivity index (χ1) is 36.6. The van der Waals surface area contributed by atoms with Crippen LogP contribution >= 0.6 is 0 Å². The van der Waals surface area contributed by atoms with Crippen molar-refractivity contribution >= 4 is 23.6 Å². The predicted octanol–water partition coefficient (Wildman–Crippen LogP) is 10.3. The van der Waals surface area contributed by atoms with Crippen LogP contribution in [0.4, 0.5) is 11.6 Å². The Labute approximate surface area is 438 Å². The number of aromatic nitrogens is 4. The molecule has 2 atom stereocenters. The minimum atomic E-state index is -0.673. The fraction of sp³-hybridized carbons (Fsp3) is 0.233. The standard InChI is InChI=1S/C32H36N4O4.C28H27N3O4/c1-4-38-32(37)30(20-25-11-8-12-28(19-25)39-18-17-36(2)3)35-31-21-29(33-23-34-31)26-13-15-27(16-14-26)40-22-24-9-6-5-7-10-24;1-2-34-28(33)26(16-21-9-6-10-23(32)15-21)31-27-17-25(29-19-30-27)22-11-13-24(14-12-22)35-18-20-7-4-3-5-8-20/h5-16,19,21,23,30H,4,17-18,20,22H2,1-3H3,(H,33,34,35);3-15,17,19,26,32H,2,16,18H2,1H3,(H,29,30,31). The van der Waals surface area contributed by atoms with Gasteiger partial charge in [0.1, 0.15) is 79.2 Å². The van der Waals surface area contributed by atoms with E-state index >= 15 is 0 Å². The zero-order valence-electron chi connectivity index (χ0n) is 42.7. The van der Waals surface area contributed by atoms with Crippen molar-refractivity contribution in [3.8, 4) is 45.5 Å². The molecule has 2 unspecified atom stereocenters. The summed E-state index contributed by atoms with van der Waals surface area (Å²) in [7, 11) is 4.01. The van der Waals surface area contributed by atoms with Crippen molar-refractivity contribution < 1.29 is 38.4 Å². The molecular formula is C60H63N7O8. The van der Waals surface area contributed by atoms with Gasteiger partial charge in [-0.3, -0.25) is 0 Å². The summed E-state index contributed by atoms with van der Waals surface area (Å²) in [5, 5.41) is 16.2. The minimum Gasteiger partial charge on any atom is -0.508 e. The van der Waals surface area contributed by atoms with E-state index in [1.165, 1.54) is 12.7 Å². The largest absolute Gasteiger partial charge is 0.508 e. The van der Waals surface area contributed by atoms with Gasteiger partial charge in [0.15, 0.2) is 0 Å². The van der Waals surface area contributed by atoms with E-state index in [4.69, 9.17) is 23.7 Å². The van der Waals surface area contributed by atoms with Crippen LogP contribution < -0.4 is 24.8 Å². The fourth-order valence-corrected chi connectivity index (χ4v) is 7.61. The number of anilines is 2. The highest BCUT2D eigenvalue weighted by atomic mass is 16.5. The Hall–Kier alpha value is -8.82. The molecule has 0 spiro atoms. The molecule has 386 valence electrons. The summed E-state index contributed by atoms with van der Waals surface area (Å²) in [5.74, 6) is 2.74. The van der Waals surface area contributed by atoms with Crippen LogP contribution in [0.1, 0.15) is 36.1 Å². The molecule has 2 aromatic heterocycles. The minimum absolute atomic E-state index is 0.144. The first-order valence-electron chi connectivity index (χ1n) is 24.8. The second kappa shape index (κ2) is 28.4. The average molecular weight is 1010 g/mol. The van der Waals surface area contributed by atoms with Gasteiger partial charge in [0, 0.05) is 42.6 Å². The van der Waals surface area contributed by atoms with Gasteiger partial charge < -0.3 is 44.3 Å². The normalized spacial score (nSPS) is 11.5. The predicted molar refractivity (Wildman–Crippen MR) is 291 cm³/mol. The molecule has 15 nitrogen and oxygen atoms in total. The number of esters is 2. The van der Waals surface area contributed by atoms with Crippen molar-refractivity contribution in [2.75, 3.05) is 51.1 Å². The molecule has 3 N–H and O–H groups in total. The van der Waals surface area contributed by atoms with Crippen LogP contribution in [0.5, 0.6) is 23.0 Å². The van der Waals surface area contributed by atoms with Crippen molar-refractivity contribution in [2.24, 2.45) is 0 Å². The van der Waals surface area contributed by atoms with Crippen molar-refractivity contribution in [3.05, 3.63) is 205 Å². The summed E-state index contributed by atoms with van der Waals surface area (Å²) in [4.78, 5) is 45.0. The molecule has 2 heterocycles. The smallest absolute Gasteiger partial charge is 0.328 e. The maximum Gasteiger partial charge on any atom is 0.328 e. The van der Waals surface area contributed by atoms with Crippen LogP contribution in [0.25, 0.3) is 22.5 Å². The fourth-order valence-electron chi connectivity index (χ4n) is 7.61. The number of ether oxygens (including phenoxy) is 5. The van der Waals surface area contributed by atoms with Crippen LogP contribution in [0.15, 0.2) is 183 Å². The Balaban J connectivity index is 0.000000221. The lowest BCUT2D eigenvalue weighted by atomic mass is 10.1. The number of likely N-dealkylation sites (N-methyl/N-ethyl adjacent to an activating group) is 1. The van der Waals surface area contributed by atoms with Crippen molar-refractivity contribution in [1.29, 1.82) is 0 Å². The summed E-state index contributed by atoms with van der Waals surface area (Å²) >= 11 is 0. The zero-order valence-corrected chi connectivity index (χ0v) is 42.7. The van der Waals surface area contributed by atoms with E-state index in [-0.39, 0.29) is 18.3 Å². The Morgan fingerprint density at radius 1 is 0.507 bits per heavy atom. The number of carbonyl (C=O) groups is 2. The second-order valence-corrected chi connectivity index (χ2v) is 17.4. The maximum atomic E-state index is 12.9. The van der Waals surface area contributed by atoms with Gasteiger partial charge in [0.05, 0.1) is 24.6 Å². The summed E-state index contributed by atoms with van der Waals surface area (Å²) in [6.45, 7) is 6.52. The van der Waals surface area contributed by atoms with E-state index in [2.05, 4.69) is 35.5 Å². The summed E-state index contributed by atoms with van der Waals surface area (Å²) in [5.41, 5.74) is 7.20. The number of nitrogens with zero attached hydrogens (tertiary/aromatic N) is 5. The van der Waals surface area contributed by atoms with Crippen LogP contribution in [-0.4, -0.2) is 94.4 Å². The number of phenolic OH excluding ortho intramolecular Hbond substituents is 1. The topological polar surface area (TPSA) is 179 Å². The van der Waals surface area contributed by atoms with E-state index in [0.717, 1.165) is 62.9 Å². The Morgan fingerprint density at radius 2 is 0.960 bits per heavy atom. The molecule has 0 amide bonds. The first-order valence-corrected chi connectivity index (χ1v) is 24.8. The highest BCUT2D eigenvalue weighted by Crippen LogP contribution is 2.26. The number of hydrogen-bond donors (Lipinski definition) is 3. The number of phenols is 1. The molecule has 0 aliphatic rings. The molecule has 75 heavy (non-hydrogen) atoms. The summed E-state index contributed by atoms with van der Waals surface area (Å²) in [6, 6.07) is 52.3. The van der Waals surface area contributed by atoms with Gasteiger partial charge in [0.25, 0.3) is 0 Å². The monoisotopic (exact) mass is 1010 g/mol. The van der Waals surface area contributed by atoms with Gasteiger partial charge in [-0.1, -0.05) is 84.9 Å². The first kappa shape index (κ1) is 54.0. The summed E-state index contributed by atoms with van der Waals surface area (Å²) < 4.78 is 28.2. The molecule has 6 aromatic carbocycles. The number of rotatable bonds is 24. The van der Waals surface area contributed by atoms with Gasteiger partial charge in [-0.05, 0) is 123 Å². The SMILES string of the molecule is CCOC(=O)C(Cc1cccc(O)c1)Nc1cc(-c2ccc(OCc3ccccc3)cc2)ncn1.CCOC(=O)C(Cc1cccc(OCCN(C)C)c1)Nc1cc(-c2ccc(OCc3ccccc3)cc2)ncn1. The Morgan fingerprint density at radius 3 is 1.41 bits per heavy atom.